The molecule has 1 N–H and O–H groups in total. The molecule has 0 bridgehead atoms. The van der Waals surface area contributed by atoms with Gasteiger partial charge in [-0.25, -0.2) is 0 Å². The Hall–Kier alpha value is -1.07. The molecule has 0 saturated carbocycles. The second kappa shape index (κ2) is 6.20. The fourth-order valence-electron chi connectivity index (χ4n) is 1.78. The van der Waals surface area contributed by atoms with Gasteiger partial charge >= 0.3 is 0 Å². The Balaban J connectivity index is 2.69. The van der Waals surface area contributed by atoms with E-state index in [2.05, 4.69) is 11.0 Å². The molecule has 0 saturated heterocycles. The van der Waals surface area contributed by atoms with E-state index in [9.17, 15) is 8.42 Å². The first kappa shape index (κ1) is 15.0. The van der Waals surface area contributed by atoms with Gasteiger partial charge in [-0.05, 0) is 44.9 Å². The fraction of sp³-hybridized carbons (Fsp3) is 0.538. The van der Waals surface area contributed by atoms with Gasteiger partial charge in [-0.3, -0.25) is 4.55 Å². The maximum absolute atomic E-state index is 11.0. The molecule has 0 fully saturated rings. The molecular formula is C13H21NO3S. The van der Waals surface area contributed by atoms with Crippen LogP contribution in [0.4, 0.5) is 5.69 Å². The molecule has 102 valence electrons. The molecule has 1 aromatic rings. The van der Waals surface area contributed by atoms with Crippen molar-refractivity contribution in [2.75, 3.05) is 18.0 Å². The summed E-state index contributed by atoms with van der Waals surface area (Å²) < 4.78 is 30.9. The number of nitrogens with zero attached hydrogens (tertiary/aromatic N) is 1. The van der Waals surface area contributed by atoms with Crippen LogP contribution in [0.3, 0.4) is 0 Å². The van der Waals surface area contributed by atoms with Gasteiger partial charge in [-0.1, -0.05) is 12.1 Å². The van der Waals surface area contributed by atoms with Crippen LogP contribution in [0, 0.1) is 6.92 Å². The Bertz CT molecular complexity index is 485. The molecular weight excluding hydrogens is 250 g/mol. The summed E-state index contributed by atoms with van der Waals surface area (Å²) in [5.74, 6) is 0. The quantitative estimate of drug-likeness (QED) is 0.808. The monoisotopic (exact) mass is 271 g/mol. The fourth-order valence-corrected chi connectivity index (χ4v) is 2.18. The van der Waals surface area contributed by atoms with E-state index in [1.807, 2.05) is 32.0 Å². The topological polar surface area (TPSA) is 57.6 Å². The van der Waals surface area contributed by atoms with Gasteiger partial charge < -0.3 is 4.90 Å². The molecule has 1 aromatic carbocycles. The SMILES string of the molecule is CCN(CCC(C)S(=O)(=O)O)c1cccc(C)c1. The highest BCUT2D eigenvalue weighted by molar-refractivity contribution is 7.86. The predicted molar refractivity (Wildman–Crippen MR) is 74.7 cm³/mol. The standard InChI is InChI=1S/C13H21NO3S/c1-4-14(9-8-12(3)18(15,16)17)13-7-5-6-11(2)10-13/h5-7,10,12H,4,8-9H2,1-3H3,(H,15,16,17). The lowest BCUT2D eigenvalue weighted by atomic mass is 10.2. The molecule has 0 spiro atoms. The Morgan fingerprint density at radius 2 is 2.06 bits per heavy atom. The van der Waals surface area contributed by atoms with Crippen LogP contribution in [0.1, 0.15) is 25.8 Å². The lowest BCUT2D eigenvalue weighted by Gasteiger charge is -2.24. The zero-order valence-electron chi connectivity index (χ0n) is 11.1. The van der Waals surface area contributed by atoms with E-state index in [4.69, 9.17) is 4.55 Å². The van der Waals surface area contributed by atoms with E-state index in [-0.39, 0.29) is 0 Å². The van der Waals surface area contributed by atoms with Crippen LogP contribution < -0.4 is 4.90 Å². The minimum atomic E-state index is -3.92. The summed E-state index contributed by atoms with van der Waals surface area (Å²) in [6, 6.07) is 8.09. The van der Waals surface area contributed by atoms with Crippen LogP contribution in [0.2, 0.25) is 0 Å². The van der Waals surface area contributed by atoms with E-state index in [1.54, 1.807) is 0 Å². The van der Waals surface area contributed by atoms with Crippen molar-refractivity contribution >= 4 is 15.8 Å². The lowest BCUT2D eigenvalue weighted by Crippen LogP contribution is -2.28. The maximum atomic E-state index is 11.0. The van der Waals surface area contributed by atoms with Crippen molar-refractivity contribution in [2.45, 2.75) is 32.4 Å². The van der Waals surface area contributed by atoms with Crippen LogP contribution in [0.5, 0.6) is 0 Å². The first-order chi connectivity index (χ1) is 8.34. The first-order valence-electron chi connectivity index (χ1n) is 6.12. The van der Waals surface area contributed by atoms with E-state index in [1.165, 1.54) is 12.5 Å². The third-order valence-electron chi connectivity index (χ3n) is 3.06. The molecule has 0 amide bonds. The Morgan fingerprint density at radius 3 is 2.56 bits per heavy atom. The summed E-state index contributed by atoms with van der Waals surface area (Å²) >= 11 is 0. The molecule has 1 rings (SSSR count). The van der Waals surface area contributed by atoms with Crippen molar-refractivity contribution in [3.63, 3.8) is 0 Å². The van der Waals surface area contributed by atoms with Gasteiger partial charge in [0.05, 0.1) is 5.25 Å². The van der Waals surface area contributed by atoms with Crippen molar-refractivity contribution in [1.82, 2.24) is 0 Å². The molecule has 0 aliphatic carbocycles. The Morgan fingerprint density at radius 1 is 1.39 bits per heavy atom. The summed E-state index contributed by atoms with van der Waals surface area (Å²) in [6.45, 7) is 7.00. The average molecular weight is 271 g/mol. The summed E-state index contributed by atoms with van der Waals surface area (Å²) in [5, 5.41) is -0.726. The molecule has 0 aromatic heterocycles. The van der Waals surface area contributed by atoms with Gasteiger partial charge in [0.25, 0.3) is 10.1 Å². The van der Waals surface area contributed by atoms with Crippen molar-refractivity contribution in [3.05, 3.63) is 29.8 Å². The second-order valence-electron chi connectivity index (χ2n) is 4.53. The number of rotatable bonds is 6. The molecule has 5 heteroatoms. The molecule has 0 aliphatic heterocycles. The van der Waals surface area contributed by atoms with Gasteiger partial charge in [-0.2, -0.15) is 8.42 Å². The number of hydrogen-bond acceptors (Lipinski definition) is 3. The van der Waals surface area contributed by atoms with Crippen molar-refractivity contribution in [2.24, 2.45) is 0 Å². The summed E-state index contributed by atoms with van der Waals surface area (Å²) in [4.78, 5) is 2.11. The average Bonchev–Trinajstić information content (AvgIpc) is 2.28. The van der Waals surface area contributed by atoms with Crippen molar-refractivity contribution < 1.29 is 13.0 Å². The first-order valence-corrected chi connectivity index (χ1v) is 7.62. The summed E-state index contributed by atoms with van der Waals surface area (Å²) in [6.07, 6.45) is 0.417. The minimum Gasteiger partial charge on any atom is -0.372 e. The summed E-state index contributed by atoms with van der Waals surface area (Å²) in [7, 11) is -3.92. The number of benzene rings is 1. The molecule has 0 aliphatic rings. The van der Waals surface area contributed by atoms with Gasteiger partial charge in [0.2, 0.25) is 0 Å². The third kappa shape index (κ3) is 4.31. The van der Waals surface area contributed by atoms with Crippen LogP contribution >= 0.6 is 0 Å². The van der Waals surface area contributed by atoms with Crippen LogP contribution in [0.25, 0.3) is 0 Å². The molecule has 0 radical (unpaired) electrons. The van der Waals surface area contributed by atoms with Crippen LogP contribution in [-0.4, -0.2) is 31.3 Å². The summed E-state index contributed by atoms with van der Waals surface area (Å²) in [5.41, 5.74) is 2.26. The number of aryl methyl sites for hydroxylation is 1. The smallest absolute Gasteiger partial charge is 0.267 e. The van der Waals surface area contributed by atoms with E-state index in [0.29, 0.717) is 13.0 Å². The van der Waals surface area contributed by atoms with E-state index >= 15 is 0 Å². The number of hydrogen-bond donors (Lipinski definition) is 1. The lowest BCUT2D eigenvalue weighted by molar-refractivity contribution is 0.466. The number of anilines is 1. The van der Waals surface area contributed by atoms with E-state index < -0.39 is 15.4 Å². The van der Waals surface area contributed by atoms with Gasteiger partial charge in [0.1, 0.15) is 0 Å². The molecule has 1 unspecified atom stereocenters. The van der Waals surface area contributed by atoms with Crippen molar-refractivity contribution in [1.29, 1.82) is 0 Å². The highest BCUT2D eigenvalue weighted by Gasteiger charge is 2.18. The zero-order chi connectivity index (χ0) is 13.8. The van der Waals surface area contributed by atoms with Gasteiger partial charge in [-0.15, -0.1) is 0 Å². The Labute approximate surface area is 109 Å². The maximum Gasteiger partial charge on any atom is 0.267 e. The molecule has 18 heavy (non-hydrogen) atoms. The zero-order valence-corrected chi connectivity index (χ0v) is 11.9. The highest BCUT2D eigenvalue weighted by atomic mass is 32.2. The normalized spacial score (nSPS) is 13.3. The second-order valence-corrected chi connectivity index (χ2v) is 6.37. The van der Waals surface area contributed by atoms with Crippen molar-refractivity contribution in [3.8, 4) is 0 Å². The largest absolute Gasteiger partial charge is 0.372 e. The predicted octanol–water partition coefficient (Wildman–Crippen LogP) is 2.49. The molecule has 4 nitrogen and oxygen atoms in total. The Kier molecular flexibility index (Phi) is 5.16. The van der Waals surface area contributed by atoms with Gasteiger partial charge in [0, 0.05) is 18.8 Å². The third-order valence-corrected chi connectivity index (χ3v) is 4.32. The highest BCUT2D eigenvalue weighted by Crippen LogP contribution is 2.17. The van der Waals surface area contributed by atoms with Crippen LogP contribution in [-0.2, 0) is 10.1 Å². The van der Waals surface area contributed by atoms with Crippen LogP contribution in [0.15, 0.2) is 24.3 Å². The van der Waals surface area contributed by atoms with E-state index in [0.717, 1.165) is 12.2 Å². The minimum absolute atomic E-state index is 0.417. The molecule has 0 heterocycles. The van der Waals surface area contributed by atoms with Gasteiger partial charge in [0.15, 0.2) is 0 Å². The molecule has 1 atom stereocenters.